The highest BCUT2D eigenvalue weighted by Gasteiger charge is 2.61. The van der Waals surface area contributed by atoms with Crippen molar-refractivity contribution in [1.82, 2.24) is 9.13 Å². The molecule has 1 aromatic heterocycles. The number of rotatable bonds is 14. The van der Waals surface area contributed by atoms with Crippen LogP contribution >= 0.6 is 0 Å². The molecule has 1 fully saturated rings. The standard InChI is InChI=1S/C37H40N2O10/c1-25-19-39(36(43)38(35(25)42)20-28-15-17-31(44-4)18-16-28)37(24-47-26(2)40)34(48-27(3)41)33(46-22-30-13-9-6-10-14-30)32(49-37)23-45-21-29-11-7-5-8-12-29/h5-19,32-34H,20-24H2,1-4H3/t32-,33-,34+,37-/m1/s1. The van der Waals surface area contributed by atoms with E-state index < -0.39 is 53.8 Å². The van der Waals surface area contributed by atoms with Crippen LogP contribution in [0, 0.1) is 6.92 Å². The van der Waals surface area contributed by atoms with E-state index >= 15 is 0 Å². The van der Waals surface area contributed by atoms with Gasteiger partial charge in [-0.1, -0.05) is 72.8 Å². The summed E-state index contributed by atoms with van der Waals surface area (Å²) >= 11 is 0. The zero-order valence-electron chi connectivity index (χ0n) is 27.9. The summed E-state index contributed by atoms with van der Waals surface area (Å²) in [6.45, 7) is 3.69. The van der Waals surface area contributed by atoms with Crippen molar-refractivity contribution in [2.45, 2.75) is 64.6 Å². The Bertz CT molecular complexity index is 1840. The second-order valence-electron chi connectivity index (χ2n) is 11.8. The Labute approximate surface area is 283 Å². The highest BCUT2D eigenvalue weighted by molar-refractivity contribution is 5.67. The van der Waals surface area contributed by atoms with Gasteiger partial charge in [-0.15, -0.1) is 0 Å². The summed E-state index contributed by atoms with van der Waals surface area (Å²) in [5.74, 6) is -0.730. The molecule has 2 heterocycles. The Balaban J connectivity index is 1.61. The van der Waals surface area contributed by atoms with Crippen LogP contribution in [0.25, 0.3) is 0 Å². The Kier molecular flexibility index (Phi) is 11.4. The zero-order valence-corrected chi connectivity index (χ0v) is 27.9. The molecular formula is C37H40N2O10. The molecule has 12 nitrogen and oxygen atoms in total. The Morgan fingerprint density at radius 3 is 2.06 bits per heavy atom. The van der Waals surface area contributed by atoms with Crippen LogP contribution in [0.3, 0.4) is 0 Å². The Hall–Kier alpha value is -5.04. The Morgan fingerprint density at radius 2 is 1.47 bits per heavy atom. The number of esters is 2. The van der Waals surface area contributed by atoms with E-state index in [0.29, 0.717) is 11.3 Å². The van der Waals surface area contributed by atoms with E-state index in [0.717, 1.165) is 15.7 Å². The molecule has 0 unspecified atom stereocenters. The maximum Gasteiger partial charge on any atom is 0.333 e. The quantitative estimate of drug-likeness (QED) is 0.183. The maximum atomic E-state index is 14.4. The van der Waals surface area contributed by atoms with E-state index in [4.69, 9.17) is 28.4 Å². The van der Waals surface area contributed by atoms with Crippen molar-refractivity contribution in [3.05, 3.63) is 134 Å². The highest BCUT2D eigenvalue weighted by atomic mass is 16.7. The minimum atomic E-state index is -1.95. The van der Waals surface area contributed by atoms with E-state index in [-0.39, 0.29) is 31.9 Å². The second kappa shape index (κ2) is 15.9. The van der Waals surface area contributed by atoms with Gasteiger partial charge < -0.3 is 28.4 Å². The molecule has 49 heavy (non-hydrogen) atoms. The van der Waals surface area contributed by atoms with Crippen LogP contribution < -0.4 is 16.0 Å². The van der Waals surface area contributed by atoms with Crippen molar-refractivity contribution in [3.63, 3.8) is 0 Å². The maximum absolute atomic E-state index is 14.4. The molecule has 1 saturated heterocycles. The topological polar surface area (TPSA) is 134 Å². The number of aromatic nitrogens is 2. The summed E-state index contributed by atoms with van der Waals surface area (Å²) < 4.78 is 38.1. The molecule has 3 aromatic carbocycles. The van der Waals surface area contributed by atoms with Crippen LogP contribution in [0.5, 0.6) is 5.75 Å². The third-order valence-electron chi connectivity index (χ3n) is 8.17. The van der Waals surface area contributed by atoms with Gasteiger partial charge in [0.25, 0.3) is 5.56 Å². The SMILES string of the molecule is COc1ccc(Cn2c(=O)c(C)cn([C@]3(COC(C)=O)O[C@H](COCc4ccccc4)[C@@H](OCc4ccccc4)[C@@H]3OC(C)=O)c2=O)cc1. The molecule has 5 rings (SSSR count). The van der Waals surface area contributed by atoms with Gasteiger partial charge in [-0.3, -0.25) is 23.5 Å². The summed E-state index contributed by atoms with van der Waals surface area (Å²) in [5, 5.41) is 0. The fourth-order valence-electron chi connectivity index (χ4n) is 5.79. The number of carbonyl (C=O) groups is 2. The zero-order chi connectivity index (χ0) is 35.0. The summed E-state index contributed by atoms with van der Waals surface area (Å²) in [6.07, 6.45) is -1.90. The average Bonchev–Trinajstić information content (AvgIpc) is 3.39. The van der Waals surface area contributed by atoms with Crippen molar-refractivity contribution in [3.8, 4) is 5.75 Å². The lowest BCUT2D eigenvalue weighted by Gasteiger charge is -2.36. The molecule has 0 N–H and O–H groups in total. The molecule has 0 bridgehead atoms. The van der Waals surface area contributed by atoms with Gasteiger partial charge in [0.15, 0.2) is 6.10 Å². The Morgan fingerprint density at radius 1 is 0.837 bits per heavy atom. The molecule has 1 aliphatic heterocycles. The first-order valence-corrected chi connectivity index (χ1v) is 15.8. The summed E-state index contributed by atoms with van der Waals surface area (Å²) in [5.41, 5.74) is -0.632. The van der Waals surface area contributed by atoms with E-state index in [2.05, 4.69) is 0 Å². The van der Waals surface area contributed by atoms with Crippen molar-refractivity contribution < 1.29 is 38.0 Å². The predicted molar refractivity (Wildman–Crippen MR) is 178 cm³/mol. The molecule has 0 saturated carbocycles. The first kappa shape index (κ1) is 35.3. The smallest absolute Gasteiger partial charge is 0.333 e. The molecule has 4 atom stereocenters. The van der Waals surface area contributed by atoms with Gasteiger partial charge in [-0.05, 0) is 35.7 Å². The van der Waals surface area contributed by atoms with E-state index in [1.807, 2.05) is 60.7 Å². The van der Waals surface area contributed by atoms with E-state index in [9.17, 15) is 19.2 Å². The van der Waals surface area contributed by atoms with Crippen molar-refractivity contribution in [2.75, 3.05) is 20.3 Å². The van der Waals surface area contributed by atoms with Gasteiger partial charge in [-0.2, -0.15) is 0 Å². The number of ether oxygens (including phenoxy) is 6. The van der Waals surface area contributed by atoms with Crippen LogP contribution in [0.2, 0.25) is 0 Å². The second-order valence-corrected chi connectivity index (χ2v) is 11.8. The monoisotopic (exact) mass is 672 g/mol. The minimum Gasteiger partial charge on any atom is -0.497 e. The molecule has 0 radical (unpaired) electrons. The molecule has 0 amide bonds. The van der Waals surface area contributed by atoms with Crippen LogP contribution in [0.4, 0.5) is 0 Å². The lowest BCUT2D eigenvalue weighted by Crippen LogP contribution is -2.58. The van der Waals surface area contributed by atoms with Crippen molar-refractivity contribution >= 4 is 11.9 Å². The largest absolute Gasteiger partial charge is 0.497 e. The number of hydrogen-bond acceptors (Lipinski definition) is 10. The van der Waals surface area contributed by atoms with E-state index in [1.165, 1.54) is 24.6 Å². The number of nitrogens with zero attached hydrogens (tertiary/aromatic N) is 2. The number of methoxy groups -OCH3 is 1. The van der Waals surface area contributed by atoms with Crippen LogP contribution in [0.1, 0.15) is 36.1 Å². The number of hydrogen-bond donors (Lipinski definition) is 0. The minimum absolute atomic E-state index is 0.0346. The van der Waals surface area contributed by atoms with Gasteiger partial charge in [-0.25, -0.2) is 4.79 Å². The number of aryl methyl sites for hydroxylation is 1. The van der Waals surface area contributed by atoms with Gasteiger partial charge in [0.2, 0.25) is 5.72 Å². The third-order valence-corrected chi connectivity index (χ3v) is 8.17. The van der Waals surface area contributed by atoms with Crippen LogP contribution in [-0.2, 0) is 58.8 Å². The summed E-state index contributed by atoms with van der Waals surface area (Å²) in [4.78, 5) is 52.8. The lowest BCUT2D eigenvalue weighted by molar-refractivity contribution is -0.203. The fraction of sp³-hybridized carbons (Fsp3) is 0.351. The molecule has 0 spiro atoms. The van der Waals surface area contributed by atoms with Crippen molar-refractivity contribution in [1.29, 1.82) is 0 Å². The molecule has 1 aliphatic rings. The first-order valence-electron chi connectivity index (χ1n) is 15.8. The fourth-order valence-corrected chi connectivity index (χ4v) is 5.79. The predicted octanol–water partition coefficient (Wildman–Crippen LogP) is 3.72. The first-order chi connectivity index (χ1) is 23.6. The molecule has 12 heteroatoms. The molecule has 258 valence electrons. The van der Waals surface area contributed by atoms with Gasteiger partial charge in [0, 0.05) is 25.6 Å². The molecular weight excluding hydrogens is 632 g/mol. The number of benzene rings is 3. The van der Waals surface area contributed by atoms with Gasteiger partial charge in [0.1, 0.15) is 24.6 Å². The van der Waals surface area contributed by atoms with Gasteiger partial charge in [0.05, 0.1) is 33.5 Å². The number of carbonyl (C=O) groups excluding carboxylic acids is 2. The normalized spacial score (nSPS) is 20.1. The van der Waals surface area contributed by atoms with Crippen LogP contribution in [-0.4, -0.2) is 59.7 Å². The molecule has 0 aliphatic carbocycles. The van der Waals surface area contributed by atoms with Crippen LogP contribution in [0.15, 0.2) is 101 Å². The van der Waals surface area contributed by atoms with Gasteiger partial charge >= 0.3 is 17.6 Å². The van der Waals surface area contributed by atoms with Crippen molar-refractivity contribution in [2.24, 2.45) is 0 Å². The average molecular weight is 673 g/mol. The highest BCUT2D eigenvalue weighted by Crippen LogP contribution is 2.40. The summed E-state index contributed by atoms with van der Waals surface area (Å²) in [6, 6.07) is 25.8. The van der Waals surface area contributed by atoms with E-state index in [1.54, 1.807) is 38.3 Å². The summed E-state index contributed by atoms with van der Waals surface area (Å²) in [7, 11) is 1.54. The third kappa shape index (κ3) is 8.34. The lowest BCUT2D eigenvalue weighted by atomic mass is 10.0. The molecule has 4 aromatic rings.